The lowest BCUT2D eigenvalue weighted by Crippen LogP contribution is -2.51. The van der Waals surface area contributed by atoms with Crippen molar-refractivity contribution in [1.29, 1.82) is 0 Å². The zero-order chi connectivity index (χ0) is 20.8. The van der Waals surface area contributed by atoms with Crippen LogP contribution in [0, 0.1) is 11.8 Å². The Morgan fingerprint density at radius 2 is 2.03 bits per heavy atom. The van der Waals surface area contributed by atoms with Gasteiger partial charge < -0.3 is 9.47 Å². The number of aromatic nitrogens is 2. The van der Waals surface area contributed by atoms with E-state index in [4.69, 9.17) is 0 Å². The van der Waals surface area contributed by atoms with Crippen LogP contribution in [0.1, 0.15) is 61.1 Å². The molecule has 30 heavy (non-hydrogen) atoms. The summed E-state index contributed by atoms with van der Waals surface area (Å²) >= 11 is 1.53. The fraction of sp³-hybridized carbons (Fsp3) is 0.458. The summed E-state index contributed by atoms with van der Waals surface area (Å²) in [6.07, 6.45) is 3.12. The monoisotopic (exact) mass is 421 g/mol. The number of benzene rings is 1. The molecule has 0 radical (unpaired) electrons. The van der Waals surface area contributed by atoms with Gasteiger partial charge >= 0.3 is 0 Å². The van der Waals surface area contributed by atoms with Crippen molar-refractivity contribution in [3.63, 3.8) is 0 Å². The predicted octanol–water partition coefficient (Wildman–Crippen LogP) is 4.69. The minimum absolute atomic E-state index is 0.0916. The number of amides is 1. The zero-order valence-corrected chi connectivity index (χ0v) is 18.3. The molecule has 1 fully saturated rings. The lowest BCUT2D eigenvalue weighted by molar-refractivity contribution is 0.0515. The smallest absolute Gasteiger partial charge is 0.255 e. The molecule has 6 heteroatoms. The molecule has 0 unspecified atom stereocenters. The summed E-state index contributed by atoms with van der Waals surface area (Å²) in [6.45, 7) is 5.85. The highest BCUT2D eigenvalue weighted by Crippen LogP contribution is 2.43. The number of carbonyl (C=O) groups excluding carboxylic acids is 1. The first-order valence-electron chi connectivity index (χ1n) is 10.9. The number of carbonyl (C=O) groups is 1. The number of pyridine rings is 1. The molecule has 2 aliphatic heterocycles. The number of rotatable bonds is 4. The van der Waals surface area contributed by atoms with E-state index in [0.29, 0.717) is 24.9 Å². The first-order valence-corrected chi connectivity index (χ1v) is 11.7. The molecule has 0 aliphatic carbocycles. The molecule has 0 spiro atoms. The van der Waals surface area contributed by atoms with Gasteiger partial charge in [-0.25, -0.2) is 4.98 Å². The van der Waals surface area contributed by atoms with Crippen molar-refractivity contribution in [2.45, 2.75) is 45.1 Å². The fourth-order valence-electron chi connectivity index (χ4n) is 5.31. The Morgan fingerprint density at radius 1 is 1.20 bits per heavy atom. The molecule has 3 atom stereocenters. The van der Waals surface area contributed by atoms with Gasteiger partial charge in [0.15, 0.2) is 0 Å². The molecule has 0 N–H and O–H groups in total. The summed E-state index contributed by atoms with van der Waals surface area (Å²) < 4.78 is 3.01. The number of hydrogen-bond donors (Lipinski definition) is 0. The summed E-state index contributed by atoms with van der Waals surface area (Å²) in [5.74, 6) is 1.22. The minimum atomic E-state index is 0.0916. The van der Waals surface area contributed by atoms with Crippen molar-refractivity contribution in [1.82, 2.24) is 14.5 Å². The van der Waals surface area contributed by atoms with Gasteiger partial charge in [0.2, 0.25) is 0 Å². The molecule has 4 heterocycles. The Labute approximate surface area is 180 Å². The van der Waals surface area contributed by atoms with E-state index in [1.54, 1.807) is 11.6 Å². The highest BCUT2D eigenvalue weighted by Gasteiger charge is 2.41. The Kier molecular flexibility index (Phi) is 4.97. The molecule has 5 rings (SSSR count). The largest absolute Gasteiger partial charge is 0.338 e. The number of likely N-dealkylation sites (tertiary alicyclic amines) is 1. The summed E-state index contributed by atoms with van der Waals surface area (Å²) in [5.41, 5.74) is 4.64. The highest BCUT2D eigenvalue weighted by molar-refractivity contribution is 7.17. The third-order valence-electron chi connectivity index (χ3n) is 6.71. The summed E-state index contributed by atoms with van der Waals surface area (Å²) in [4.78, 5) is 32.7. The summed E-state index contributed by atoms with van der Waals surface area (Å²) in [6, 6.07) is 11.6. The standard InChI is InChI=1S/C24H27N3O2S/c1-15(2)9-10-21-17-11-16(20-7-4-8-22(28)27(20)21)12-26(13-17)24(29)18-5-3-6-19-23(18)30-14-25-19/h3-8,14-17,21H,9-13H2,1-2H3/t16-,17+,21+/m1/s1. The van der Waals surface area contributed by atoms with Crippen molar-refractivity contribution < 1.29 is 4.79 Å². The van der Waals surface area contributed by atoms with E-state index in [0.717, 1.165) is 40.7 Å². The molecule has 2 bridgehead atoms. The Morgan fingerprint density at radius 3 is 2.87 bits per heavy atom. The molecule has 1 aromatic carbocycles. The van der Waals surface area contributed by atoms with Crippen LogP contribution in [0.2, 0.25) is 0 Å². The fourth-order valence-corrected chi connectivity index (χ4v) is 6.10. The number of nitrogens with zero attached hydrogens (tertiary/aromatic N) is 3. The van der Waals surface area contributed by atoms with Crippen LogP contribution in [0.25, 0.3) is 10.2 Å². The maximum atomic E-state index is 13.5. The SMILES string of the molecule is CC(C)CC[C@H]1[C@H]2C[C@H](CN(C(=O)c3cccc4ncsc34)C2)c2cccc(=O)n21. The number of piperidine rings is 1. The molecule has 1 saturated heterocycles. The number of thiazole rings is 1. The van der Waals surface area contributed by atoms with Gasteiger partial charge in [-0.1, -0.05) is 26.0 Å². The molecule has 1 amide bonds. The van der Waals surface area contributed by atoms with Crippen molar-refractivity contribution >= 4 is 27.5 Å². The van der Waals surface area contributed by atoms with Crippen LogP contribution >= 0.6 is 11.3 Å². The van der Waals surface area contributed by atoms with E-state index in [-0.39, 0.29) is 23.4 Å². The average molecular weight is 422 g/mol. The van der Waals surface area contributed by atoms with Crippen LogP contribution < -0.4 is 5.56 Å². The number of hydrogen-bond acceptors (Lipinski definition) is 4. The molecule has 2 aromatic heterocycles. The second-order valence-electron chi connectivity index (χ2n) is 9.11. The zero-order valence-electron chi connectivity index (χ0n) is 17.5. The second-order valence-corrected chi connectivity index (χ2v) is 9.96. The van der Waals surface area contributed by atoms with Crippen molar-refractivity contribution in [3.8, 4) is 0 Å². The molecular weight excluding hydrogens is 394 g/mol. The third-order valence-corrected chi connectivity index (χ3v) is 7.59. The summed E-state index contributed by atoms with van der Waals surface area (Å²) in [5, 5.41) is 0. The molecule has 0 saturated carbocycles. The van der Waals surface area contributed by atoms with E-state index in [9.17, 15) is 9.59 Å². The quantitative estimate of drug-likeness (QED) is 0.614. The first-order chi connectivity index (χ1) is 14.5. The molecule has 3 aromatic rings. The van der Waals surface area contributed by atoms with E-state index < -0.39 is 0 Å². The topological polar surface area (TPSA) is 55.2 Å². The second kappa shape index (κ2) is 7.65. The van der Waals surface area contributed by atoms with Gasteiger partial charge in [-0.15, -0.1) is 11.3 Å². The van der Waals surface area contributed by atoms with Gasteiger partial charge in [0.1, 0.15) is 0 Å². The van der Waals surface area contributed by atoms with Crippen LogP contribution in [0.15, 0.2) is 46.7 Å². The normalized spacial score (nSPS) is 23.0. The lowest BCUT2D eigenvalue weighted by Gasteiger charge is -2.47. The molecule has 156 valence electrons. The maximum absolute atomic E-state index is 13.5. The van der Waals surface area contributed by atoms with Gasteiger partial charge in [0, 0.05) is 36.8 Å². The van der Waals surface area contributed by atoms with Crippen molar-refractivity contribution in [3.05, 3.63) is 63.5 Å². The Hall–Kier alpha value is -2.47. The molecule has 5 nitrogen and oxygen atoms in total. The Balaban J connectivity index is 1.50. The first kappa shape index (κ1) is 19.5. The highest BCUT2D eigenvalue weighted by atomic mass is 32.1. The van der Waals surface area contributed by atoms with Crippen LogP contribution in [0.4, 0.5) is 0 Å². The van der Waals surface area contributed by atoms with Gasteiger partial charge in [-0.2, -0.15) is 0 Å². The Bertz CT molecular complexity index is 1150. The van der Waals surface area contributed by atoms with E-state index >= 15 is 0 Å². The predicted molar refractivity (Wildman–Crippen MR) is 120 cm³/mol. The minimum Gasteiger partial charge on any atom is -0.338 e. The van der Waals surface area contributed by atoms with E-state index in [1.165, 1.54) is 11.3 Å². The van der Waals surface area contributed by atoms with Crippen LogP contribution in [-0.2, 0) is 0 Å². The molecular formula is C24H27N3O2S. The average Bonchev–Trinajstić information content (AvgIpc) is 3.22. The van der Waals surface area contributed by atoms with E-state index in [1.807, 2.05) is 33.7 Å². The van der Waals surface area contributed by atoms with Crippen LogP contribution in [0.3, 0.4) is 0 Å². The number of fused-ring (bicyclic) bond motifs is 5. The summed E-state index contributed by atoms with van der Waals surface area (Å²) in [7, 11) is 0. The van der Waals surface area contributed by atoms with Crippen LogP contribution in [0.5, 0.6) is 0 Å². The van der Waals surface area contributed by atoms with Crippen molar-refractivity contribution in [2.24, 2.45) is 11.8 Å². The van der Waals surface area contributed by atoms with E-state index in [2.05, 4.69) is 24.9 Å². The van der Waals surface area contributed by atoms with Crippen molar-refractivity contribution in [2.75, 3.05) is 13.1 Å². The van der Waals surface area contributed by atoms with Crippen LogP contribution in [-0.4, -0.2) is 33.4 Å². The molecule has 2 aliphatic rings. The third kappa shape index (κ3) is 3.27. The van der Waals surface area contributed by atoms with Gasteiger partial charge in [-0.3, -0.25) is 9.59 Å². The van der Waals surface area contributed by atoms with Gasteiger partial charge in [-0.05, 0) is 49.3 Å². The lowest BCUT2D eigenvalue weighted by atomic mass is 9.76. The maximum Gasteiger partial charge on any atom is 0.255 e. The van der Waals surface area contributed by atoms with Gasteiger partial charge in [0.25, 0.3) is 11.5 Å². The van der Waals surface area contributed by atoms with Gasteiger partial charge in [0.05, 0.1) is 21.3 Å².